The molecule has 2 rings (SSSR count). The van der Waals surface area contributed by atoms with Crippen molar-refractivity contribution in [2.45, 2.75) is 17.7 Å². The molecule has 11 heteroatoms. The van der Waals surface area contributed by atoms with Gasteiger partial charge in [0.15, 0.2) is 6.61 Å². The van der Waals surface area contributed by atoms with Gasteiger partial charge in [-0.1, -0.05) is 0 Å². The van der Waals surface area contributed by atoms with Crippen molar-refractivity contribution in [1.29, 1.82) is 0 Å². The van der Waals surface area contributed by atoms with Crippen molar-refractivity contribution in [3.8, 4) is 5.75 Å². The first kappa shape index (κ1) is 19.7. The first-order valence-corrected chi connectivity index (χ1v) is 8.51. The van der Waals surface area contributed by atoms with Gasteiger partial charge in [0.1, 0.15) is 5.75 Å². The second-order valence-corrected chi connectivity index (χ2v) is 6.69. The van der Waals surface area contributed by atoms with E-state index in [0.29, 0.717) is 5.69 Å². The summed E-state index contributed by atoms with van der Waals surface area (Å²) in [7, 11) is -4.24. The first-order chi connectivity index (χ1) is 12.1. The van der Waals surface area contributed by atoms with Crippen LogP contribution >= 0.6 is 0 Å². The van der Waals surface area contributed by atoms with Crippen LogP contribution in [0.1, 0.15) is 16.1 Å². The van der Waals surface area contributed by atoms with Crippen LogP contribution < -0.4 is 9.46 Å². The number of nitrogens with one attached hydrogen (secondary N) is 1. The van der Waals surface area contributed by atoms with Crippen molar-refractivity contribution in [1.82, 2.24) is 9.71 Å². The summed E-state index contributed by atoms with van der Waals surface area (Å²) in [4.78, 5) is 15.4. The number of benzene rings is 1. The Morgan fingerprint density at radius 2 is 1.81 bits per heavy atom. The number of carbonyl (C=O) groups is 1. The number of sulfonamides is 1. The molecule has 26 heavy (non-hydrogen) atoms. The molecule has 0 radical (unpaired) electrons. The number of ether oxygens (including phenoxy) is 1. The highest BCUT2D eigenvalue weighted by atomic mass is 32.2. The normalized spacial score (nSPS) is 11.8. The van der Waals surface area contributed by atoms with Crippen molar-refractivity contribution in [3.05, 3.63) is 53.9 Å². The van der Waals surface area contributed by atoms with E-state index >= 15 is 0 Å². The number of rotatable bonds is 6. The predicted molar refractivity (Wildman–Crippen MR) is 82.8 cm³/mol. The highest BCUT2D eigenvalue weighted by Gasteiger charge is 2.28. The van der Waals surface area contributed by atoms with E-state index in [2.05, 4.69) is 9.72 Å². The third-order valence-electron chi connectivity index (χ3n) is 3.01. The summed E-state index contributed by atoms with van der Waals surface area (Å²) in [5.74, 6) is -1.12. The summed E-state index contributed by atoms with van der Waals surface area (Å²) in [6.07, 6.45) is -3.41. The Morgan fingerprint density at radius 3 is 2.31 bits per heavy atom. The lowest BCUT2D eigenvalue weighted by molar-refractivity contribution is -0.153. The lowest BCUT2D eigenvalue weighted by atomic mass is 10.2. The van der Waals surface area contributed by atoms with E-state index in [9.17, 15) is 26.4 Å². The van der Waals surface area contributed by atoms with E-state index in [4.69, 9.17) is 5.11 Å². The molecule has 0 aliphatic heterocycles. The molecule has 0 saturated carbocycles. The zero-order chi connectivity index (χ0) is 19.4. The molecule has 0 fully saturated rings. The van der Waals surface area contributed by atoms with Crippen LogP contribution in [-0.2, 0) is 16.6 Å². The molecule has 0 aliphatic rings. The minimum absolute atomic E-state index is 0.0455. The minimum atomic E-state index is -4.52. The lowest BCUT2D eigenvalue weighted by Crippen LogP contribution is -2.30. The van der Waals surface area contributed by atoms with E-state index in [-0.39, 0.29) is 22.8 Å². The topological polar surface area (TPSA) is 106 Å². The molecule has 1 aromatic carbocycles. The molecule has 2 aromatic rings. The van der Waals surface area contributed by atoms with Gasteiger partial charge in [0.2, 0.25) is 0 Å². The van der Waals surface area contributed by atoms with Gasteiger partial charge in [0, 0.05) is 6.20 Å². The number of aliphatic hydroxyl groups is 1. The summed E-state index contributed by atoms with van der Waals surface area (Å²) < 4.78 is 66.8. The van der Waals surface area contributed by atoms with Crippen molar-refractivity contribution in [3.63, 3.8) is 0 Å². The van der Waals surface area contributed by atoms with Crippen LogP contribution in [0.25, 0.3) is 0 Å². The molecule has 1 amide bonds. The van der Waals surface area contributed by atoms with E-state index in [1.807, 2.05) is 4.72 Å². The molecule has 2 N–H and O–H groups in total. The number of aromatic nitrogens is 1. The van der Waals surface area contributed by atoms with E-state index in [1.54, 1.807) is 0 Å². The molecular weight excluding hydrogens is 377 g/mol. The Balaban J connectivity index is 2.07. The molecule has 0 unspecified atom stereocenters. The molecule has 0 bridgehead atoms. The van der Waals surface area contributed by atoms with Gasteiger partial charge in [0.25, 0.3) is 15.9 Å². The molecule has 0 spiro atoms. The molecule has 0 saturated heterocycles. The number of hydrogen-bond acceptors (Lipinski definition) is 6. The minimum Gasteiger partial charge on any atom is -0.484 e. The molecule has 1 heterocycles. The number of alkyl halides is 3. The Bertz CT molecular complexity index is 866. The highest BCUT2D eigenvalue weighted by Crippen LogP contribution is 2.20. The molecule has 1 aromatic heterocycles. The Hall–Kier alpha value is -2.66. The molecule has 140 valence electrons. The predicted octanol–water partition coefficient (Wildman–Crippen LogP) is 1.63. The number of nitrogens with zero attached hydrogens (tertiary/aromatic N) is 1. The van der Waals surface area contributed by atoms with Crippen molar-refractivity contribution >= 4 is 15.9 Å². The Morgan fingerprint density at radius 1 is 1.15 bits per heavy atom. The van der Waals surface area contributed by atoms with Crippen LogP contribution in [-0.4, -0.2) is 37.2 Å². The maximum Gasteiger partial charge on any atom is 0.422 e. The largest absolute Gasteiger partial charge is 0.484 e. The van der Waals surface area contributed by atoms with E-state index in [0.717, 1.165) is 30.5 Å². The maximum atomic E-state index is 12.2. The van der Waals surface area contributed by atoms with Gasteiger partial charge in [0.05, 0.1) is 22.8 Å². The SMILES string of the molecule is O=C(NS(=O)(=O)c1ccc(OCC(F)(F)F)cc1)c1ccc(CO)nc1. The fraction of sp³-hybridized carbons (Fsp3) is 0.200. The van der Waals surface area contributed by atoms with Crippen LogP contribution in [0.15, 0.2) is 47.5 Å². The van der Waals surface area contributed by atoms with Crippen molar-refractivity contribution in [2.75, 3.05) is 6.61 Å². The zero-order valence-electron chi connectivity index (χ0n) is 13.0. The number of pyridine rings is 1. The van der Waals surface area contributed by atoms with Crippen LogP contribution in [0.4, 0.5) is 13.2 Å². The summed E-state index contributed by atoms with van der Waals surface area (Å²) >= 11 is 0. The maximum absolute atomic E-state index is 12.2. The third-order valence-corrected chi connectivity index (χ3v) is 4.36. The highest BCUT2D eigenvalue weighted by molar-refractivity contribution is 7.90. The smallest absolute Gasteiger partial charge is 0.422 e. The first-order valence-electron chi connectivity index (χ1n) is 7.03. The van der Waals surface area contributed by atoms with Crippen molar-refractivity contribution < 1.29 is 36.2 Å². The van der Waals surface area contributed by atoms with Crippen LogP contribution in [0.5, 0.6) is 5.75 Å². The Kier molecular flexibility index (Phi) is 5.83. The third kappa shape index (κ3) is 5.43. The fourth-order valence-corrected chi connectivity index (χ4v) is 2.75. The Labute approximate surface area is 146 Å². The van der Waals surface area contributed by atoms with Gasteiger partial charge in [-0.15, -0.1) is 0 Å². The number of carbonyl (C=O) groups excluding carboxylic acids is 1. The molecule has 0 atom stereocenters. The number of aliphatic hydroxyl groups excluding tert-OH is 1. The second kappa shape index (κ2) is 7.70. The summed E-state index contributed by atoms with van der Waals surface area (Å²) in [5.41, 5.74) is 0.259. The van der Waals surface area contributed by atoms with Crippen LogP contribution in [0.3, 0.4) is 0 Å². The standard InChI is InChI=1S/C15H13F3N2O5S/c16-15(17,18)9-25-12-3-5-13(6-4-12)26(23,24)20-14(22)10-1-2-11(8-21)19-7-10/h1-7,21H,8-9H2,(H,20,22). The molecule has 0 aliphatic carbocycles. The molecular formula is C15H13F3N2O5S. The number of halogens is 3. The molecule has 7 nitrogen and oxygen atoms in total. The monoisotopic (exact) mass is 390 g/mol. The second-order valence-electron chi connectivity index (χ2n) is 5.01. The van der Waals surface area contributed by atoms with Gasteiger partial charge in [-0.3, -0.25) is 9.78 Å². The summed E-state index contributed by atoms with van der Waals surface area (Å²) in [6, 6.07) is 6.75. The van der Waals surface area contributed by atoms with Crippen LogP contribution in [0, 0.1) is 0 Å². The number of amides is 1. The average Bonchev–Trinajstić information content (AvgIpc) is 2.59. The zero-order valence-corrected chi connectivity index (χ0v) is 13.8. The van der Waals surface area contributed by atoms with Gasteiger partial charge in [-0.25, -0.2) is 13.1 Å². The van der Waals surface area contributed by atoms with Crippen molar-refractivity contribution in [2.24, 2.45) is 0 Å². The quantitative estimate of drug-likeness (QED) is 0.777. The van der Waals surface area contributed by atoms with Gasteiger partial charge < -0.3 is 9.84 Å². The average molecular weight is 390 g/mol. The number of hydrogen-bond donors (Lipinski definition) is 2. The fourth-order valence-electron chi connectivity index (χ4n) is 1.77. The van der Waals surface area contributed by atoms with E-state index in [1.165, 1.54) is 12.1 Å². The van der Waals surface area contributed by atoms with Gasteiger partial charge in [-0.2, -0.15) is 13.2 Å². The van der Waals surface area contributed by atoms with E-state index < -0.39 is 28.7 Å². The summed E-state index contributed by atoms with van der Waals surface area (Å²) in [6.45, 7) is -1.84. The lowest BCUT2D eigenvalue weighted by Gasteiger charge is -2.10. The van der Waals surface area contributed by atoms with Crippen LogP contribution in [0.2, 0.25) is 0 Å². The van der Waals surface area contributed by atoms with Gasteiger partial charge in [-0.05, 0) is 36.4 Å². The van der Waals surface area contributed by atoms with Gasteiger partial charge >= 0.3 is 6.18 Å². The summed E-state index contributed by atoms with van der Waals surface area (Å²) in [5, 5.41) is 8.88.